The Labute approximate surface area is 159 Å². The van der Waals surface area contributed by atoms with Crippen LogP contribution < -0.4 is 10.6 Å². The van der Waals surface area contributed by atoms with Gasteiger partial charge in [-0.15, -0.1) is 5.10 Å². The Morgan fingerprint density at radius 3 is 2.67 bits per heavy atom. The molecule has 1 saturated carbocycles. The van der Waals surface area contributed by atoms with Crippen LogP contribution in [0, 0.1) is 5.92 Å². The Morgan fingerprint density at radius 2 is 1.93 bits per heavy atom. The third-order valence-electron chi connectivity index (χ3n) is 5.97. The molecule has 144 valence electrons. The normalized spacial score (nSPS) is 19.3. The molecule has 0 atom stereocenters. The maximum atomic E-state index is 11.6. The Bertz CT molecular complexity index is 774. The van der Waals surface area contributed by atoms with Gasteiger partial charge in [0.1, 0.15) is 5.82 Å². The van der Waals surface area contributed by atoms with Gasteiger partial charge in [0.25, 0.3) is 5.91 Å². The quantitative estimate of drug-likeness (QED) is 0.876. The summed E-state index contributed by atoms with van der Waals surface area (Å²) < 4.78 is 2.04. The van der Waals surface area contributed by atoms with Crippen molar-refractivity contribution in [3.05, 3.63) is 35.8 Å². The lowest BCUT2D eigenvalue weighted by molar-refractivity contribution is 0.100. The van der Waals surface area contributed by atoms with Crippen LogP contribution in [0.15, 0.2) is 24.5 Å². The average Bonchev–Trinajstić information content (AvgIpc) is 3.17. The number of carbonyl (C=O) groups is 1. The van der Waals surface area contributed by atoms with E-state index in [1.807, 2.05) is 4.68 Å². The molecule has 2 aromatic rings. The van der Waals surface area contributed by atoms with Crippen LogP contribution in [-0.4, -0.2) is 39.0 Å². The van der Waals surface area contributed by atoms with Crippen molar-refractivity contribution < 1.29 is 4.79 Å². The molecule has 2 fully saturated rings. The molecule has 7 heteroatoms. The first-order valence-corrected chi connectivity index (χ1v) is 10.1. The summed E-state index contributed by atoms with van der Waals surface area (Å²) in [6.07, 6.45) is 13.6. The van der Waals surface area contributed by atoms with Crippen molar-refractivity contribution in [1.82, 2.24) is 20.0 Å². The lowest BCUT2D eigenvalue weighted by atomic mass is 9.86. The minimum Gasteiger partial charge on any atom is -0.365 e. The van der Waals surface area contributed by atoms with Crippen molar-refractivity contribution in [2.75, 3.05) is 18.0 Å². The van der Waals surface area contributed by atoms with Crippen LogP contribution in [-0.2, 0) is 6.42 Å². The summed E-state index contributed by atoms with van der Waals surface area (Å²) in [6.45, 7) is 1.67. The van der Waals surface area contributed by atoms with Gasteiger partial charge < -0.3 is 10.6 Å². The molecule has 0 radical (unpaired) electrons. The number of nitrogens with two attached hydrogens (primary N) is 1. The van der Waals surface area contributed by atoms with Gasteiger partial charge in [-0.05, 0) is 37.3 Å². The molecule has 1 saturated heterocycles. The molecule has 27 heavy (non-hydrogen) atoms. The van der Waals surface area contributed by atoms with Gasteiger partial charge in [0.05, 0.1) is 17.3 Å². The van der Waals surface area contributed by atoms with E-state index in [0.717, 1.165) is 44.0 Å². The Morgan fingerprint density at radius 1 is 1.15 bits per heavy atom. The number of anilines is 1. The first-order valence-electron chi connectivity index (χ1n) is 10.1. The van der Waals surface area contributed by atoms with Gasteiger partial charge in [0.2, 0.25) is 0 Å². The Hall–Kier alpha value is -2.44. The minimum absolute atomic E-state index is 0.356. The molecule has 0 unspecified atom stereocenters. The molecule has 2 aromatic heterocycles. The highest BCUT2D eigenvalue weighted by Crippen LogP contribution is 2.29. The van der Waals surface area contributed by atoms with E-state index in [-0.39, 0.29) is 0 Å². The van der Waals surface area contributed by atoms with Crippen LogP contribution in [0.3, 0.4) is 0 Å². The van der Waals surface area contributed by atoms with Gasteiger partial charge in [0.15, 0.2) is 0 Å². The number of pyridine rings is 1. The highest BCUT2D eigenvalue weighted by Gasteiger charge is 2.25. The first kappa shape index (κ1) is 17.9. The molecule has 0 spiro atoms. The standard InChI is InChI=1S/C20H28N6O/c21-19(27)18-7-4-10-22-20(18)25-11-8-17(9-12-25)26-14-16(23-24-26)13-15-5-2-1-3-6-15/h4,7,10,14-15,17H,1-3,5-6,8-9,11-13H2,(H2,21,27). The molecule has 2 N–H and O–H groups in total. The molecule has 3 heterocycles. The number of hydrogen-bond donors (Lipinski definition) is 1. The number of rotatable bonds is 5. The van der Waals surface area contributed by atoms with Gasteiger partial charge in [-0.25, -0.2) is 9.67 Å². The molecular weight excluding hydrogens is 340 g/mol. The summed E-state index contributed by atoms with van der Waals surface area (Å²) >= 11 is 0. The summed E-state index contributed by atoms with van der Waals surface area (Å²) in [5.74, 6) is 1.05. The number of carbonyl (C=O) groups excluding carboxylic acids is 1. The summed E-state index contributed by atoms with van der Waals surface area (Å²) in [5.41, 5.74) is 7.11. The fourth-order valence-electron chi connectivity index (χ4n) is 4.46. The van der Waals surface area contributed by atoms with Crippen LogP contribution in [0.2, 0.25) is 0 Å². The van der Waals surface area contributed by atoms with E-state index in [1.165, 1.54) is 32.1 Å². The molecule has 7 nitrogen and oxygen atoms in total. The van der Waals surface area contributed by atoms with Crippen LogP contribution in [0.25, 0.3) is 0 Å². The average molecular weight is 368 g/mol. The van der Waals surface area contributed by atoms with E-state index in [0.29, 0.717) is 17.4 Å². The van der Waals surface area contributed by atoms with E-state index in [1.54, 1.807) is 18.3 Å². The van der Waals surface area contributed by atoms with Gasteiger partial charge in [0, 0.05) is 25.5 Å². The predicted octanol–water partition coefficient (Wildman–Crippen LogP) is 2.74. The second-order valence-electron chi connectivity index (χ2n) is 7.86. The van der Waals surface area contributed by atoms with E-state index < -0.39 is 5.91 Å². The van der Waals surface area contributed by atoms with Crippen molar-refractivity contribution in [2.45, 2.75) is 57.4 Å². The first-order chi connectivity index (χ1) is 13.2. The summed E-state index contributed by atoms with van der Waals surface area (Å²) in [4.78, 5) is 18.2. The molecule has 1 aliphatic carbocycles. The lowest BCUT2D eigenvalue weighted by Crippen LogP contribution is -2.36. The molecular formula is C20H28N6O. The van der Waals surface area contributed by atoms with E-state index >= 15 is 0 Å². The van der Waals surface area contributed by atoms with Crippen LogP contribution in [0.1, 0.15) is 67.0 Å². The third kappa shape index (κ3) is 4.12. The molecule has 4 rings (SSSR count). The Balaban J connectivity index is 1.36. The zero-order chi connectivity index (χ0) is 18.6. The van der Waals surface area contributed by atoms with Crippen molar-refractivity contribution in [1.29, 1.82) is 0 Å². The second-order valence-corrected chi connectivity index (χ2v) is 7.86. The summed E-state index contributed by atoms with van der Waals surface area (Å²) in [7, 11) is 0. The molecule has 0 bridgehead atoms. The maximum Gasteiger partial charge on any atom is 0.252 e. The molecule has 0 aromatic carbocycles. The lowest BCUT2D eigenvalue weighted by Gasteiger charge is -2.33. The molecule has 1 amide bonds. The van der Waals surface area contributed by atoms with Gasteiger partial charge >= 0.3 is 0 Å². The minimum atomic E-state index is -0.427. The van der Waals surface area contributed by atoms with Crippen molar-refractivity contribution in [3.63, 3.8) is 0 Å². The monoisotopic (exact) mass is 368 g/mol. The highest BCUT2D eigenvalue weighted by molar-refractivity contribution is 5.97. The van der Waals surface area contributed by atoms with Crippen molar-refractivity contribution in [2.24, 2.45) is 11.7 Å². The molecule has 1 aliphatic heterocycles. The number of amides is 1. The fourth-order valence-corrected chi connectivity index (χ4v) is 4.46. The molecule has 2 aliphatic rings. The Kier molecular flexibility index (Phi) is 5.36. The summed E-state index contributed by atoms with van der Waals surface area (Å²) in [6, 6.07) is 3.85. The number of aromatic nitrogens is 4. The van der Waals surface area contributed by atoms with Gasteiger partial charge in [-0.1, -0.05) is 37.3 Å². The largest absolute Gasteiger partial charge is 0.365 e. The highest BCUT2D eigenvalue weighted by atomic mass is 16.1. The number of primary amides is 1. The van der Waals surface area contributed by atoms with Crippen molar-refractivity contribution in [3.8, 4) is 0 Å². The topological polar surface area (TPSA) is 89.9 Å². The second kappa shape index (κ2) is 8.06. The van der Waals surface area contributed by atoms with Crippen molar-refractivity contribution >= 4 is 11.7 Å². The van der Waals surface area contributed by atoms with E-state index in [9.17, 15) is 4.79 Å². The number of piperidine rings is 1. The third-order valence-corrected chi connectivity index (χ3v) is 5.97. The fraction of sp³-hybridized carbons (Fsp3) is 0.600. The predicted molar refractivity (Wildman–Crippen MR) is 104 cm³/mol. The van der Waals surface area contributed by atoms with E-state index in [4.69, 9.17) is 5.73 Å². The number of hydrogen-bond acceptors (Lipinski definition) is 5. The van der Waals surface area contributed by atoms with Gasteiger partial charge in [-0.2, -0.15) is 0 Å². The zero-order valence-electron chi connectivity index (χ0n) is 15.8. The van der Waals surface area contributed by atoms with Gasteiger partial charge in [-0.3, -0.25) is 4.79 Å². The SMILES string of the molecule is NC(=O)c1cccnc1N1CCC(n2cc(CC3CCCCC3)nn2)CC1. The van der Waals surface area contributed by atoms with Crippen LogP contribution >= 0.6 is 0 Å². The van der Waals surface area contributed by atoms with E-state index in [2.05, 4.69) is 26.4 Å². The summed E-state index contributed by atoms with van der Waals surface area (Å²) in [5, 5.41) is 8.83. The zero-order valence-corrected chi connectivity index (χ0v) is 15.8. The van der Waals surface area contributed by atoms with Crippen LogP contribution in [0.5, 0.6) is 0 Å². The van der Waals surface area contributed by atoms with Crippen LogP contribution in [0.4, 0.5) is 5.82 Å². The smallest absolute Gasteiger partial charge is 0.252 e. The number of nitrogens with zero attached hydrogens (tertiary/aromatic N) is 5. The maximum absolute atomic E-state index is 11.6.